The predicted octanol–water partition coefficient (Wildman–Crippen LogP) is 0.492. The van der Waals surface area contributed by atoms with E-state index in [1.165, 1.54) is 6.07 Å². The molecule has 1 aliphatic carbocycles. The van der Waals surface area contributed by atoms with Gasteiger partial charge in [0.2, 0.25) is 0 Å². The van der Waals surface area contributed by atoms with Gasteiger partial charge in [0.25, 0.3) is 0 Å². The standard InChI is InChI=1S/C10H8N2O3/c11-4-3-7(15)8-5(13)1-2-6(14)9(8)10(4)12/h1-3,15H,11-12H2. The van der Waals surface area contributed by atoms with Crippen molar-refractivity contribution in [3.05, 3.63) is 29.3 Å². The van der Waals surface area contributed by atoms with E-state index in [1.54, 1.807) is 0 Å². The van der Waals surface area contributed by atoms with Crippen molar-refractivity contribution in [1.82, 2.24) is 0 Å². The average molecular weight is 204 g/mol. The van der Waals surface area contributed by atoms with Crippen LogP contribution >= 0.6 is 0 Å². The third-order valence-corrected chi connectivity index (χ3v) is 2.26. The van der Waals surface area contributed by atoms with Crippen LogP contribution in [0.2, 0.25) is 0 Å². The van der Waals surface area contributed by atoms with Crippen molar-refractivity contribution in [2.75, 3.05) is 11.5 Å². The van der Waals surface area contributed by atoms with Gasteiger partial charge in [-0.05, 0) is 12.2 Å². The molecular weight excluding hydrogens is 196 g/mol. The van der Waals surface area contributed by atoms with Gasteiger partial charge in [-0.25, -0.2) is 0 Å². The number of benzene rings is 1. The Labute approximate surface area is 85.0 Å². The van der Waals surface area contributed by atoms with Crippen LogP contribution in [0.3, 0.4) is 0 Å². The number of hydrogen-bond acceptors (Lipinski definition) is 5. The Balaban J connectivity index is 2.87. The van der Waals surface area contributed by atoms with E-state index in [1.807, 2.05) is 0 Å². The lowest BCUT2D eigenvalue weighted by atomic mass is 9.92. The van der Waals surface area contributed by atoms with Crippen LogP contribution in [-0.2, 0) is 0 Å². The van der Waals surface area contributed by atoms with Crippen molar-refractivity contribution in [2.24, 2.45) is 0 Å². The van der Waals surface area contributed by atoms with E-state index in [2.05, 4.69) is 0 Å². The molecule has 5 nitrogen and oxygen atoms in total. The molecule has 0 heterocycles. The zero-order chi connectivity index (χ0) is 11.2. The first-order valence-electron chi connectivity index (χ1n) is 4.20. The molecule has 1 aliphatic rings. The molecule has 0 aliphatic heterocycles. The topological polar surface area (TPSA) is 106 Å². The molecule has 0 atom stereocenters. The molecule has 1 aromatic rings. The molecule has 0 amide bonds. The number of phenols is 1. The van der Waals surface area contributed by atoms with E-state index in [9.17, 15) is 14.7 Å². The zero-order valence-corrected chi connectivity index (χ0v) is 7.65. The summed E-state index contributed by atoms with van der Waals surface area (Å²) in [5, 5.41) is 9.51. The highest BCUT2D eigenvalue weighted by atomic mass is 16.3. The number of phenolic OH excluding ortho intramolecular Hbond substituents is 1. The van der Waals surface area contributed by atoms with Gasteiger partial charge in [-0.2, -0.15) is 0 Å². The van der Waals surface area contributed by atoms with E-state index in [-0.39, 0.29) is 28.3 Å². The first kappa shape index (κ1) is 9.26. The van der Waals surface area contributed by atoms with Crippen molar-refractivity contribution < 1.29 is 14.7 Å². The summed E-state index contributed by atoms with van der Waals surface area (Å²) in [6.07, 6.45) is 2.21. The number of allylic oxidation sites excluding steroid dienone is 2. The van der Waals surface area contributed by atoms with Gasteiger partial charge in [0.1, 0.15) is 5.75 Å². The highest BCUT2D eigenvalue weighted by Crippen LogP contribution is 2.34. The summed E-state index contributed by atoms with van der Waals surface area (Å²) in [7, 11) is 0. The van der Waals surface area contributed by atoms with Gasteiger partial charge >= 0.3 is 0 Å². The van der Waals surface area contributed by atoms with Gasteiger partial charge < -0.3 is 16.6 Å². The van der Waals surface area contributed by atoms with Crippen molar-refractivity contribution in [3.63, 3.8) is 0 Å². The maximum Gasteiger partial charge on any atom is 0.190 e. The lowest BCUT2D eigenvalue weighted by Gasteiger charge is -2.14. The number of aromatic hydroxyl groups is 1. The molecule has 0 aromatic heterocycles. The van der Waals surface area contributed by atoms with Crippen LogP contribution in [0.15, 0.2) is 18.2 Å². The van der Waals surface area contributed by atoms with Gasteiger partial charge in [0.15, 0.2) is 11.6 Å². The minimum absolute atomic E-state index is 0.0139. The number of hydrogen-bond donors (Lipinski definition) is 3. The van der Waals surface area contributed by atoms with E-state index < -0.39 is 11.6 Å². The molecule has 0 saturated carbocycles. The Morgan fingerprint density at radius 3 is 2.13 bits per heavy atom. The number of anilines is 2. The summed E-state index contributed by atoms with van der Waals surface area (Å²) in [4.78, 5) is 22.9. The number of fused-ring (bicyclic) bond motifs is 1. The van der Waals surface area contributed by atoms with Crippen LogP contribution < -0.4 is 11.5 Å². The summed E-state index contributed by atoms with van der Waals surface area (Å²) in [6.45, 7) is 0. The summed E-state index contributed by atoms with van der Waals surface area (Å²) in [5.41, 5.74) is 11.1. The summed E-state index contributed by atoms with van der Waals surface area (Å²) >= 11 is 0. The second-order valence-corrected chi connectivity index (χ2v) is 3.21. The average Bonchev–Trinajstić information content (AvgIpc) is 2.18. The molecule has 0 fully saturated rings. The Bertz CT molecular complexity index is 518. The van der Waals surface area contributed by atoms with Crippen molar-refractivity contribution in [2.45, 2.75) is 0 Å². The van der Waals surface area contributed by atoms with Crippen LogP contribution in [0, 0.1) is 0 Å². The molecule has 5 N–H and O–H groups in total. The molecule has 76 valence electrons. The van der Waals surface area contributed by atoms with Gasteiger partial charge in [0, 0.05) is 6.07 Å². The van der Waals surface area contributed by atoms with E-state index >= 15 is 0 Å². The second kappa shape index (κ2) is 2.84. The summed E-state index contributed by atoms with van der Waals surface area (Å²) in [5.74, 6) is -1.20. The van der Waals surface area contributed by atoms with Crippen molar-refractivity contribution in [3.8, 4) is 5.75 Å². The number of nitrogen functional groups attached to an aromatic ring is 2. The molecule has 5 heteroatoms. The molecule has 2 rings (SSSR count). The molecule has 15 heavy (non-hydrogen) atoms. The van der Waals surface area contributed by atoms with E-state index in [0.29, 0.717) is 0 Å². The first-order chi connectivity index (χ1) is 7.02. The number of rotatable bonds is 0. The third kappa shape index (κ3) is 1.17. The molecule has 0 radical (unpaired) electrons. The second-order valence-electron chi connectivity index (χ2n) is 3.21. The minimum atomic E-state index is -0.450. The van der Waals surface area contributed by atoms with E-state index in [4.69, 9.17) is 11.5 Å². The van der Waals surface area contributed by atoms with Crippen LogP contribution in [0.4, 0.5) is 11.4 Å². The molecule has 0 unspecified atom stereocenters. The SMILES string of the molecule is Nc1cc(O)c2c(c1N)C(=O)C=CC2=O. The van der Waals surface area contributed by atoms with Crippen molar-refractivity contribution >= 4 is 22.9 Å². The molecule has 0 spiro atoms. The van der Waals surface area contributed by atoms with E-state index in [0.717, 1.165) is 12.2 Å². The highest BCUT2D eigenvalue weighted by molar-refractivity contribution is 6.26. The van der Waals surface area contributed by atoms with Gasteiger partial charge in [0.05, 0.1) is 22.5 Å². The maximum atomic E-state index is 11.5. The van der Waals surface area contributed by atoms with Crippen molar-refractivity contribution in [1.29, 1.82) is 0 Å². The first-order valence-corrected chi connectivity index (χ1v) is 4.20. The number of carbonyl (C=O) groups excluding carboxylic acids is 2. The number of carbonyl (C=O) groups is 2. The van der Waals surface area contributed by atoms with Crippen LogP contribution in [-0.4, -0.2) is 16.7 Å². The van der Waals surface area contributed by atoms with Crippen LogP contribution in [0.1, 0.15) is 20.7 Å². The fourth-order valence-electron chi connectivity index (χ4n) is 1.53. The molecule has 1 aromatic carbocycles. The lowest BCUT2D eigenvalue weighted by Crippen LogP contribution is -2.15. The van der Waals surface area contributed by atoms with Crippen LogP contribution in [0.5, 0.6) is 5.75 Å². The minimum Gasteiger partial charge on any atom is -0.507 e. The zero-order valence-electron chi connectivity index (χ0n) is 7.65. The lowest BCUT2D eigenvalue weighted by molar-refractivity contribution is 0.0992. The van der Waals surface area contributed by atoms with Crippen LogP contribution in [0.25, 0.3) is 0 Å². The quantitative estimate of drug-likeness (QED) is 0.421. The Hall–Kier alpha value is -2.30. The largest absolute Gasteiger partial charge is 0.507 e. The Morgan fingerprint density at radius 1 is 1.00 bits per heavy atom. The molecule has 0 bridgehead atoms. The monoisotopic (exact) mass is 204 g/mol. The normalized spacial score (nSPS) is 14.1. The van der Waals surface area contributed by atoms with Gasteiger partial charge in [-0.1, -0.05) is 0 Å². The Morgan fingerprint density at radius 2 is 1.53 bits per heavy atom. The van der Waals surface area contributed by atoms with Gasteiger partial charge in [-0.3, -0.25) is 9.59 Å². The molecule has 0 saturated heterocycles. The molecular formula is C10H8N2O3. The summed E-state index contributed by atoms with van der Waals surface area (Å²) < 4.78 is 0. The smallest absolute Gasteiger partial charge is 0.190 e. The fourth-order valence-corrected chi connectivity index (χ4v) is 1.53. The Kier molecular flexibility index (Phi) is 1.76. The fraction of sp³-hybridized carbons (Fsp3) is 0. The highest BCUT2D eigenvalue weighted by Gasteiger charge is 2.26. The third-order valence-electron chi connectivity index (χ3n) is 2.26. The number of nitrogens with two attached hydrogens (primary N) is 2. The maximum absolute atomic E-state index is 11.5. The number of ketones is 2. The van der Waals surface area contributed by atoms with Gasteiger partial charge in [-0.15, -0.1) is 0 Å². The predicted molar refractivity (Wildman–Crippen MR) is 54.7 cm³/mol. The summed E-state index contributed by atoms with van der Waals surface area (Å²) in [6, 6.07) is 1.17.